The molecule has 0 spiro atoms. The predicted molar refractivity (Wildman–Crippen MR) is 111 cm³/mol. The lowest BCUT2D eigenvalue weighted by molar-refractivity contribution is 0.176. The molecule has 2 saturated heterocycles. The zero-order valence-corrected chi connectivity index (χ0v) is 15.8. The minimum atomic E-state index is -2.68. The monoisotopic (exact) mass is 416 g/mol. The summed E-state index contributed by atoms with van der Waals surface area (Å²) in [5.41, 5.74) is -0.690. The SMILES string of the molecule is [2H]C([2H])([2H])N(c1cnc(-c2cc3ccn(C([2H])([2H])[2H])c(=O)c3cc2O)nn1)[C@H]1CC2CCC(N2)[C@H]1F. The van der Waals surface area contributed by atoms with Crippen LogP contribution in [0.4, 0.5) is 10.2 Å². The molecule has 2 N–H and O–H groups in total. The predicted octanol–water partition coefficient (Wildman–Crippen LogP) is 1.76. The fourth-order valence-electron chi connectivity index (χ4n) is 4.36. The lowest BCUT2D eigenvalue weighted by Crippen LogP contribution is -2.55. The summed E-state index contributed by atoms with van der Waals surface area (Å²) in [7, 11) is 0. The smallest absolute Gasteiger partial charge is 0.258 e. The Morgan fingerprint density at radius 2 is 2.27 bits per heavy atom. The van der Waals surface area contributed by atoms with Gasteiger partial charge in [0.1, 0.15) is 11.9 Å². The Morgan fingerprint density at radius 3 is 3.03 bits per heavy atom. The molecule has 0 aliphatic carbocycles. The van der Waals surface area contributed by atoms with E-state index in [0.717, 1.165) is 23.6 Å². The molecule has 30 heavy (non-hydrogen) atoms. The van der Waals surface area contributed by atoms with Gasteiger partial charge in [-0.05, 0) is 42.8 Å². The number of fused-ring (bicyclic) bond motifs is 3. The number of anilines is 1. The van der Waals surface area contributed by atoms with Gasteiger partial charge in [0.05, 0.1) is 23.2 Å². The average molecular weight is 416 g/mol. The summed E-state index contributed by atoms with van der Waals surface area (Å²) in [6, 6.07) is 2.64. The first-order valence-electron chi connectivity index (χ1n) is 12.6. The highest BCUT2D eigenvalue weighted by Crippen LogP contribution is 2.34. The number of aryl methyl sites for hydroxylation is 1. The van der Waals surface area contributed by atoms with E-state index in [2.05, 4.69) is 20.5 Å². The number of nitrogens with zero attached hydrogens (tertiary/aromatic N) is 5. The van der Waals surface area contributed by atoms with Crippen LogP contribution in [-0.2, 0) is 6.98 Å². The zero-order chi connectivity index (χ0) is 26.0. The Kier molecular flexibility index (Phi) is 3.10. The Hall–Kier alpha value is -3.07. The van der Waals surface area contributed by atoms with E-state index >= 15 is 4.39 Å². The normalized spacial score (nSPS) is 29.4. The highest BCUT2D eigenvalue weighted by molar-refractivity contribution is 5.88. The first-order valence-corrected chi connectivity index (χ1v) is 9.63. The first-order chi connectivity index (χ1) is 16.8. The van der Waals surface area contributed by atoms with Gasteiger partial charge >= 0.3 is 0 Å². The largest absolute Gasteiger partial charge is 0.507 e. The van der Waals surface area contributed by atoms with Crippen LogP contribution in [0.15, 0.2) is 35.4 Å². The number of hydrogen-bond donors (Lipinski definition) is 2. The van der Waals surface area contributed by atoms with Crippen LogP contribution in [0.1, 0.15) is 27.5 Å². The van der Waals surface area contributed by atoms with Crippen LogP contribution in [-0.4, -0.2) is 56.1 Å². The number of benzene rings is 1. The maximum Gasteiger partial charge on any atom is 0.258 e. The Morgan fingerprint density at radius 1 is 1.37 bits per heavy atom. The molecule has 0 amide bonds. The summed E-state index contributed by atoms with van der Waals surface area (Å²) in [5.74, 6) is -0.553. The molecule has 4 atom stereocenters. The summed E-state index contributed by atoms with van der Waals surface area (Å²) in [5, 5.41) is 22.0. The molecule has 2 fully saturated rings. The molecule has 1 aromatic carbocycles. The number of rotatable bonds is 3. The van der Waals surface area contributed by atoms with Gasteiger partial charge in [0, 0.05) is 40.5 Å². The number of phenols is 1. The highest BCUT2D eigenvalue weighted by atomic mass is 19.1. The van der Waals surface area contributed by atoms with E-state index in [1.54, 1.807) is 0 Å². The molecule has 2 unspecified atom stereocenters. The molecular weight excluding hydrogens is 387 g/mol. The number of aromatic nitrogens is 4. The number of nitrogens with one attached hydrogen (secondary N) is 1. The van der Waals surface area contributed by atoms with Crippen molar-refractivity contribution < 1.29 is 17.7 Å². The molecule has 0 saturated carbocycles. The van der Waals surface area contributed by atoms with E-state index in [1.165, 1.54) is 18.3 Å². The van der Waals surface area contributed by atoms with Crippen LogP contribution < -0.4 is 15.8 Å². The van der Waals surface area contributed by atoms with Crippen molar-refractivity contribution in [3.8, 4) is 17.1 Å². The van der Waals surface area contributed by atoms with Crippen molar-refractivity contribution in [2.24, 2.45) is 6.98 Å². The molecule has 4 heterocycles. The van der Waals surface area contributed by atoms with Crippen LogP contribution in [0.3, 0.4) is 0 Å². The van der Waals surface area contributed by atoms with E-state index in [-0.39, 0.29) is 34.4 Å². The van der Waals surface area contributed by atoms with Crippen molar-refractivity contribution in [1.29, 1.82) is 0 Å². The molecule has 3 aromatic rings. The minimum Gasteiger partial charge on any atom is -0.507 e. The zero-order valence-electron chi connectivity index (χ0n) is 21.8. The van der Waals surface area contributed by atoms with Crippen molar-refractivity contribution in [2.45, 2.75) is 43.6 Å². The first kappa shape index (κ1) is 13.3. The van der Waals surface area contributed by atoms with Gasteiger partial charge in [0.15, 0.2) is 11.6 Å². The van der Waals surface area contributed by atoms with Crippen LogP contribution in [0, 0.1) is 0 Å². The highest BCUT2D eigenvalue weighted by Gasteiger charge is 2.43. The van der Waals surface area contributed by atoms with Gasteiger partial charge in [0.2, 0.25) is 0 Å². The third-order valence-electron chi connectivity index (χ3n) is 5.94. The van der Waals surface area contributed by atoms with Crippen molar-refractivity contribution in [3.63, 3.8) is 0 Å². The number of alkyl halides is 1. The van der Waals surface area contributed by atoms with E-state index in [9.17, 15) is 9.90 Å². The van der Waals surface area contributed by atoms with Crippen LogP contribution in [0.2, 0.25) is 0 Å². The summed E-state index contributed by atoms with van der Waals surface area (Å²) >= 11 is 0. The summed E-state index contributed by atoms with van der Waals surface area (Å²) in [4.78, 5) is 17.7. The van der Waals surface area contributed by atoms with E-state index in [1.807, 2.05) is 0 Å². The number of piperidine rings is 1. The van der Waals surface area contributed by atoms with Gasteiger partial charge in [-0.3, -0.25) is 4.79 Å². The van der Waals surface area contributed by atoms with Gasteiger partial charge in [-0.15, -0.1) is 10.2 Å². The molecular formula is C21H23FN6O2. The topological polar surface area (TPSA) is 96.2 Å². The van der Waals surface area contributed by atoms with Crippen molar-refractivity contribution in [2.75, 3.05) is 11.9 Å². The molecule has 2 bridgehead atoms. The summed E-state index contributed by atoms with van der Waals surface area (Å²) in [6.07, 6.45) is 2.61. The number of hydrogen-bond acceptors (Lipinski definition) is 7. The molecule has 2 aromatic heterocycles. The molecule has 2 aliphatic heterocycles. The Balaban J connectivity index is 1.50. The van der Waals surface area contributed by atoms with E-state index in [4.69, 9.17) is 8.22 Å². The Bertz CT molecular complexity index is 1360. The number of halogens is 1. The van der Waals surface area contributed by atoms with Gasteiger partial charge in [0.25, 0.3) is 5.56 Å². The standard InChI is InChI=1S/C21H23FN6O2/c1-27-6-5-11-7-14(17(29)9-13(11)21(27)30)20-23-10-18(25-26-20)28(2)16-8-12-3-4-15(24-12)19(16)22/h5-7,9-10,12,15-16,19,24,29H,3-4,8H2,1-2H3/t12?,15?,16-,19+/m0/s1/i1D3,2D3. The van der Waals surface area contributed by atoms with Crippen molar-refractivity contribution >= 4 is 16.6 Å². The van der Waals surface area contributed by atoms with Crippen LogP contribution in [0.25, 0.3) is 22.2 Å². The third kappa shape index (κ3) is 3.00. The van der Waals surface area contributed by atoms with Crippen LogP contribution >= 0.6 is 0 Å². The minimum absolute atomic E-state index is 0.0115. The summed E-state index contributed by atoms with van der Waals surface area (Å²) in [6.45, 7) is -5.36. The average Bonchev–Trinajstić information content (AvgIpc) is 3.20. The van der Waals surface area contributed by atoms with Gasteiger partial charge in [-0.1, -0.05) is 0 Å². The molecule has 156 valence electrons. The van der Waals surface area contributed by atoms with Gasteiger partial charge in [-0.2, -0.15) is 0 Å². The molecule has 9 heteroatoms. The maximum absolute atomic E-state index is 15.2. The lowest BCUT2D eigenvalue weighted by Gasteiger charge is -2.38. The molecule has 5 rings (SSSR count). The van der Waals surface area contributed by atoms with Crippen molar-refractivity contribution in [1.82, 2.24) is 25.1 Å². The van der Waals surface area contributed by atoms with Crippen LogP contribution in [0.5, 0.6) is 5.75 Å². The fourth-order valence-corrected chi connectivity index (χ4v) is 4.36. The maximum atomic E-state index is 15.2. The Labute approximate surface area is 180 Å². The summed E-state index contributed by atoms with van der Waals surface area (Å²) < 4.78 is 62.1. The number of pyridine rings is 1. The molecule has 0 radical (unpaired) electrons. The molecule has 2 aliphatic rings. The number of aromatic hydroxyl groups is 1. The second kappa shape index (κ2) is 7.02. The van der Waals surface area contributed by atoms with E-state index < -0.39 is 37.8 Å². The lowest BCUT2D eigenvalue weighted by atomic mass is 9.96. The van der Waals surface area contributed by atoms with E-state index in [0.29, 0.717) is 22.8 Å². The van der Waals surface area contributed by atoms with Gasteiger partial charge in [-0.25, -0.2) is 9.37 Å². The second-order valence-corrected chi connectivity index (χ2v) is 7.75. The third-order valence-corrected chi connectivity index (χ3v) is 5.94. The fraction of sp³-hybridized carbons (Fsp3) is 0.429. The second-order valence-electron chi connectivity index (χ2n) is 7.75. The number of phenolic OH excluding ortho intramolecular Hbond substituents is 1. The van der Waals surface area contributed by atoms with Gasteiger partial charge < -0.3 is 19.9 Å². The molecule has 8 nitrogen and oxygen atoms in total. The quantitative estimate of drug-likeness (QED) is 0.672. The van der Waals surface area contributed by atoms with Crippen molar-refractivity contribution in [3.05, 3.63) is 40.9 Å².